The second-order valence-corrected chi connectivity index (χ2v) is 9.34. The van der Waals surface area contributed by atoms with Crippen LogP contribution in [0.1, 0.15) is 36.6 Å². The summed E-state index contributed by atoms with van der Waals surface area (Å²) in [6.45, 7) is 3.69. The molecule has 35 heavy (non-hydrogen) atoms. The summed E-state index contributed by atoms with van der Waals surface area (Å²) >= 11 is 0. The first-order valence-corrected chi connectivity index (χ1v) is 12.3. The Morgan fingerprint density at radius 1 is 1.06 bits per heavy atom. The van der Waals surface area contributed by atoms with E-state index in [1.165, 1.54) is 0 Å². The number of hydrogen-bond donors (Lipinski definition) is 2. The van der Waals surface area contributed by atoms with Gasteiger partial charge < -0.3 is 20.4 Å². The van der Waals surface area contributed by atoms with Crippen LogP contribution in [-0.2, 0) is 32.8 Å². The van der Waals surface area contributed by atoms with Gasteiger partial charge in [-0.15, -0.1) is 0 Å². The minimum Gasteiger partial charge on any atom is -0.369 e. The number of ether oxygens (including phenoxy) is 1. The second kappa shape index (κ2) is 11.3. The van der Waals surface area contributed by atoms with Gasteiger partial charge in [0.2, 0.25) is 11.8 Å². The van der Waals surface area contributed by atoms with Gasteiger partial charge in [0.05, 0.1) is 31.3 Å². The number of unbranched alkanes of at least 4 members (excludes halogenated alkanes) is 1. The zero-order chi connectivity index (χ0) is 24.7. The van der Waals surface area contributed by atoms with Crippen molar-refractivity contribution < 1.29 is 14.3 Å². The number of carbonyl (C=O) groups is 2. The molecule has 7 heteroatoms. The van der Waals surface area contributed by atoms with Crippen molar-refractivity contribution in [2.45, 2.75) is 38.2 Å². The molecule has 1 unspecified atom stereocenters. The van der Waals surface area contributed by atoms with E-state index in [2.05, 4.69) is 29.0 Å². The highest BCUT2D eigenvalue weighted by atomic mass is 16.5. The monoisotopic (exact) mass is 474 g/mol. The van der Waals surface area contributed by atoms with E-state index in [1.54, 1.807) is 12.5 Å². The first-order valence-electron chi connectivity index (χ1n) is 12.3. The number of benzene rings is 2. The van der Waals surface area contributed by atoms with E-state index in [9.17, 15) is 9.59 Å². The zero-order valence-electron chi connectivity index (χ0n) is 20.2. The molecule has 1 aromatic heterocycles. The van der Waals surface area contributed by atoms with Crippen LogP contribution in [0.2, 0.25) is 0 Å². The van der Waals surface area contributed by atoms with Gasteiger partial charge in [0.1, 0.15) is 5.60 Å². The Balaban J connectivity index is 1.57. The highest BCUT2D eigenvalue weighted by Gasteiger charge is 2.50. The summed E-state index contributed by atoms with van der Waals surface area (Å²) in [6.07, 6.45) is 6.02. The molecule has 184 valence electrons. The molecule has 0 bridgehead atoms. The van der Waals surface area contributed by atoms with E-state index in [1.807, 2.05) is 53.4 Å². The van der Waals surface area contributed by atoms with Gasteiger partial charge in [-0.2, -0.15) is 0 Å². The minimum absolute atomic E-state index is 0.0668. The number of nitrogens with one attached hydrogen (secondary N) is 1. The third-order valence-electron chi connectivity index (χ3n) is 6.84. The molecule has 1 fully saturated rings. The van der Waals surface area contributed by atoms with Gasteiger partial charge >= 0.3 is 0 Å². The highest BCUT2D eigenvalue weighted by Crippen LogP contribution is 2.38. The lowest BCUT2D eigenvalue weighted by molar-refractivity contribution is -0.178. The first-order chi connectivity index (χ1) is 17.0. The quantitative estimate of drug-likeness (QED) is 0.393. The number of amides is 2. The van der Waals surface area contributed by atoms with Crippen molar-refractivity contribution in [2.75, 3.05) is 19.7 Å². The number of hydrogen-bond acceptors (Lipinski definition) is 4. The van der Waals surface area contributed by atoms with Gasteiger partial charge in [0.15, 0.2) is 0 Å². The standard InChI is InChI=1S/C28H34N4O3/c1-2-3-14-35-28(22-12-8-5-9-13-22)18-32(19-28)27(34)25(15-21-10-6-4-7-11-21)24(26(29)33)16-23-17-30-20-31-23/h4-13,17,20,24-25H,2-3,14-16,18-19H2,1H3,(H2,29,33)(H,30,31)/t24?,25-/m1/s1. The van der Waals surface area contributed by atoms with Crippen molar-refractivity contribution in [3.63, 3.8) is 0 Å². The molecule has 1 aliphatic rings. The number of rotatable bonds is 12. The number of nitrogens with two attached hydrogens (primary N) is 1. The first kappa shape index (κ1) is 24.7. The third-order valence-corrected chi connectivity index (χ3v) is 6.84. The van der Waals surface area contributed by atoms with Crippen molar-refractivity contribution in [2.24, 2.45) is 17.6 Å². The fraction of sp³-hybridized carbons (Fsp3) is 0.393. The van der Waals surface area contributed by atoms with Crippen LogP contribution in [-0.4, -0.2) is 46.4 Å². The Morgan fingerprint density at radius 2 is 1.74 bits per heavy atom. The van der Waals surface area contributed by atoms with Gasteiger partial charge in [0, 0.05) is 24.9 Å². The SMILES string of the molecule is CCCCOC1(c2ccccc2)CN(C(=O)[C@H](Cc2ccccc2)C(Cc2cnc[nH]2)C(N)=O)C1. The summed E-state index contributed by atoms with van der Waals surface area (Å²) in [5.74, 6) is -1.79. The fourth-order valence-electron chi connectivity index (χ4n) is 4.82. The number of nitrogens with zero attached hydrogens (tertiary/aromatic N) is 2. The molecule has 2 atom stereocenters. The number of H-pyrrole nitrogens is 1. The molecule has 2 heterocycles. The van der Waals surface area contributed by atoms with Crippen molar-refractivity contribution in [1.29, 1.82) is 0 Å². The van der Waals surface area contributed by atoms with Gasteiger partial charge in [-0.3, -0.25) is 9.59 Å². The average Bonchev–Trinajstić information content (AvgIpc) is 3.37. The van der Waals surface area contributed by atoms with Crippen LogP contribution >= 0.6 is 0 Å². The van der Waals surface area contributed by atoms with E-state index in [0.29, 0.717) is 32.5 Å². The molecule has 0 saturated carbocycles. The largest absolute Gasteiger partial charge is 0.369 e. The predicted octanol–water partition coefficient (Wildman–Crippen LogP) is 3.47. The Labute approximate surface area is 206 Å². The molecular formula is C28H34N4O3. The Hall–Kier alpha value is -3.45. The van der Waals surface area contributed by atoms with Crippen molar-refractivity contribution in [3.8, 4) is 0 Å². The van der Waals surface area contributed by atoms with Crippen LogP contribution in [0.4, 0.5) is 0 Å². The second-order valence-electron chi connectivity index (χ2n) is 9.34. The smallest absolute Gasteiger partial charge is 0.227 e. The van der Waals surface area contributed by atoms with Crippen LogP contribution in [0.25, 0.3) is 0 Å². The molecular weight excluding hydrogens is 440 g/mol. The summed E-state index contributed by atoms with van der Waals surface area (Å²) in [4.78, 5) is 35.4. The Bertz CT molecular complexity index is 1080. The molecule has 7 nitrogen and oxygen atoms in total. The minimum atomic E-state index is -0.657. The summed E-state index contributed by atoms with van der Waals surface area (Å²) in [5.41, 5.74) is 8.19. The lowest BCUT2D eigenvalue weighted by Crippen LogP contribution is -2.64. The molecule has 2 amide bonds. The molecule has 4 rings (SSSR count). The van der Waals surface area contributed by atoms with E-state index < -0.39 is 23.3 Å². The number of imidazole rings is 1. The summed E-state index contributed by atoms with van der Waals surface area (Å²) in [7, 11) is 0. The molecule has 3 aromatic rings. The van der Waals surface area contributed by atoms with Crippen molar-refractivity contribution >= 4 is 11.8 Å². The van der Waals surface area contributed by atoms with Gasteiger partial charge in [-0.25, -0.2) is 4.98 Å². The van der Waals surface area contributed by atoms with Crippen molar-refractivity contribution in [1.82, 2.24) is 14.9 Å². The molecule has 0 aliphatic carbocycles. The van der Waals surface area contributed by atoms with Crippen LogP contribution in [0, 0.1) is 11.8 Å². The molecule has 1 aliphatic heterocycles. The van der Waals surface area contributed by atoms with Crippen LogP contribution in [0.3, 0.4) is 0 Å². The fourth-order valence-corrected chi connectivity index (χ4v) is 4.82. The lowest BCUT2D eigenvalue weighted by atomic mass is 9.79. The van der Waals surface area contributed by atoms with Crippen LogP contribution in [0.5, 0.6) is 0 Å². The summed E-state index contributed by atoms with van der Waals surface area (Å²) in [5, 5.41) is 0. The maximum Gasteiger partial charge on any atom is 0.227 e. The number of aromatic nitrogens is 2. The Morgan fingerprint density at radius 3 is 2.34 bits per heavy atom. The lowest BCUT2D eigenvalue weighted by Gasteiger charge is -2.51. The number of carbonyl (C=O) groups excluding carboxylic acids is 2. The molecule has 3 N–H and O–H groups in total. The predicted molar refractivity (Wildman–Crippen MR) is 134 cm³/mol. The maximum absolute atomic E-state index is 13.9. The molecule has 0 radical (unpaired) electrons. The number of primary amides is 1. The van der Waals surface area contributed by atoms with Gasteiger partial charge in [-0.05, 0) is 24.0 Å². The zero-order valence-corrected chi connectivity index (χ0v) is 20.2. The van der Waals surface area contributed by atoms with E-state index in [4.69, 9.17) is 10.5 Å². The number of aromatic amines is 1. The van der Waals surface area contributed by atoms with E-state index in [-0.39, 0.29) is 5.91 Å². The summed E-state index contributed by atoms with van der Waals surface area (Å²) in [6, 6.07) is 19.9. The maximum atomic E-state index is 13.9. The molecule has 2 aromatic carbocycles. The topological polar surface area (TPSA) is 101 Å². The Kier molecular flexibility index (Phi) is 7.98. The third kappa shape index (κ3) is 5.80. The van der Waals surface area contributed by atoms with Crippen molar-refractivity contribution in [3.05, 3.63) is 90.0 Å². The molecule has 1 saturated heterocycles. The van der Waals surface area contributed by atoms with Crippen LogP contribution < -0.4 is 5.73 Å². The number of likely N-dealkylation sites (tertiary alicyclic amines) is 1. The van der Waals surface area contributed by atoms with Crippen LogP contribution in [0.15, 0.2) is 73.2 Å². The van der Waals surface area contributed by atoms with E-state index >= 15 is 0 Å². The van der Waals surface area contributed by atoms with Gasteiger partial charge in [0.25, 0.3) is 0 Å². The van der Waals surface area contributed by atoms with E-state index in [0.717, 1.165) is 29.7 Å². The van der Waals surface area contributed by atoms with Gasteiger partial charge in [-0.1, -0.05) is 74.0 Å². The normalized spacial score (nSPS) is 16.3. The average molecular weight is 475 g/mol. The summed E-state index contributed by atoms with van der Waals surface area (Å²) < 4.78 is 6.36. The highest BCUT2D eigenvalue weighted by molar-refractivity contribution is 5.88. The molecule has 0 spiro atoms.